The van der Waals surface area contributed by atoms with Gasteiger partial charge in [0.25, 0.3) is 5.92 Å². The number of methoxy groups -OCH3 is 2. The number of Topliss-reactive ketones (excluding diaryl/α,β-unsaturated/α-hetero) is 1. The van der Waals surface area contributed by atoms with Crippen molar-refractivity contribution >= 4 is 17.4 Å². The molecule has 0 amide bonds. The van der Waals surface area contributed by atoms with Gasteiger partial charge in [-0.2, -0.15) is 18.9 Å². The van der Waals surface area contributed by atoms with E-state index in [9.17, 15) is 13.6 Å². The molecule has 0 spiro atoms. The van der Waals surface area contributed by atoms with Crippen molar-refractivity contribution in [3.63, 3.8) is 0 Å². The van der Waals surface area contributed by atoms with Crippen molar-refractivity contribution in [1.29, 1.82) is 0 Å². The number of alkyl halides is 2. The van der Waals surface area contributed by atoms with E-state index in [-0.39, 0.29) is 29.0 Å². The molecule has 0 bridgehead atoms. The van der Waals surface area contributed by atoms with E-state index < -0.39 is 11.6 Å². The standard InChI is InChI=1S/C25H24F2N6O3/c1-14-8-17(11-18(9-14)35-4)30-24-29-13-20(16-10-19(15(2)34)23(36-5)28-12-16)22(31-24)33-7-6-21(32-33)25(3,26)27/h6-13H,1-5H3,(H,29,30,31). The Kier molecular flexibility index (Phi) is 6.65. The zero-order valence-electron chi connectivity index (χ0n) is 20.3. The lowest BCUT2D eigenvalue weighted by molar-refractivity contribution is 0.0124. The van der Waals surface area contributed by atoms with Crippen molar-refractivity contribution in [3.8, 4) is 28.6 Å². The molecule has 0 aliphatic heterocycles. The molecule has 9 nitrogen and oxygen atoms in total. The highest BCUT2D eigenvalue weighted by Crippen LogP contribution is 2.31. The zero-order chi connectivity index (χ0) is 26.0. The number of carbonyl (C=O) groups excluding carboxylic acids is 1. The molecule has 0 radical (unpaired) electrons. The molecule has 0 aliphatic rings. The molecule has 4 rings (SSSR count). The first kappa shape index (κ1) is 24.7. The molecule has 4 aromatic rings. The SMILES string of the molecule is COc1cc(C)cc(Nc2ncc(-c3cnc(OC)c(C(C)=O)c3)c(-n3ccc(C(C)(F)F)n3)n2)c1. The number of benzene rings is 1. The van der Waals surface area contributed by atoms with E-state index in [1.165, 1.54) is 43.4 Å². The summed E-state index contributed by atoms with van der Waals surface area (Å²) in [5.41, 5.74) is 2.39. The summed E-state index contributed by atoms with van der Waals surface area (Å²) in [5, 5.41) is 7.15. The van der Waals surface area contributed by atoms with Crippen LogP contribution in [0.15, 0.2) is 48.9 Å². The molecule has 1 N–H and O–H groups in total. The van der Waals surface area contributed by atoms with Crippen LogP contribution >= 0.6 is 0 Å². The summed E-state index contributed by atoms with van der Waals surface area (Å²) >= 11 is 0. The number of halogens is 2. The van der Waals surface area contributed by atoms with Gasteiger partial charge >= 0.3 is 0 Å². The summed E-state index contributed by atoms with van der Waals surface area (Å²) < 4.78 is 39.6. The van der Waals surface area contributed by atoms with E-state index in [4.69, 9.17) is 9.47 Å². The Morgan fingerprint density at radius 3 is 2.50 bits per heavy atom. The van der Waals surface area contributed by atoms with Gasteiger partial charge in [-0.05, 0) is 43.7 Å². The number of nitrogens with one attached hydrogen (secondary N) is 1. The highest BCUT2D eigenvalue weighted by molar-refractivity contribution is 5.97. The third kappa shape index (κ3) is 5.14. The van der Waals surface area contributed by atoms with E-state index in [1.54, 1.807) is 19.2 Å². The Bertz CT molecular complexity index is 1430. The molecule has 0 atom stereocenters. The van der Waals surface area contributed by atoms with E-state index in [0.717, 1.165) is 12.5 Å². The number of aryl methyl sites for hydroxylation is 1. The normalized spacial score (nSPS) is 11.3. The van der Waals surface area contributed by atoms with Crippen molar-refractivity contribution in [3.05, 3.63) is 65.7 Å². The van der Waals surface area contributed by atoms with Gasteiger partial charge in [-0.15, -0.1) is 0 Å². The molecule has 0 fully saturated rings. The first-order valence-corrected chi connectivity index (χ1v) is 10.9. The largest absolute Gasteiger partial charge is 0.497 e. The molecule has 0 saturated heterocycles. The topological polar surface area (TPSA) is 104 Å². The maximum atomic E-state index is 13.9. The Morgan fingerprint density at radius 1 is 1.08 bits per heavy atom. The molecule has 186 valence electrons. The minimum atomic E-state index is -3.14. The first-order valence-electron chi connectivity index (χ1n) is 10.9. The van der Waals surface area contributed by atoms with Crippen LogP contribution in [0.5, 0.6) is 11.6 Å². The van der Waals surface area contributed by atoms with Gasteiger partial charge < -0.3 is 14.8 Å². The van der Waals surface area contributed by atoms with E-state index in [1.807, 2.05) is 19.1 Å². The van der Waals surface area contributed by atoms with Crippen LogP contribution in [0.3, 0.4) is 0 Å². The van der Waals surface area contributed by atoms with Crippen LogP contribution < -0.4 is 14.8 Å². The van der Waals surface area contributed by atoms with Gasteiger partial charge in [-0.1, -0.05) is 0 Å². The minimum Gasteiger partial charge on any atom is -0.497 e. The summed E-state index contributed by atoms with van der Waals surface area (Å²) in [6.45, 7) is 4.08. The molecular formula is C25H24F2N6O3. The van der Waals surface area contributed by atoms with Crippen LogP contribution in [0.4, 0.5) is 20.4 Å². The fraction of sp³-hybridized carbons (Fsp3) is 0.240. The number of carbonyl (C=O) groups is 1. The van der Waals surface area contributed by atoms with Crippen LogP contribution in [-0.2, 0) is 5.92 Å². The van der Waals surface area contributed by atoms with E-state index in [0.29, 0.717) is 22.6 Å². The van der Waals surface area contributed by atoms with Gasteiger partial charge in [0.2, 0.25) is 11.8 Å². The Balaban J connectivity index is 1.85. The average molecular weight is 495 g/mol. The molecule has 0 saturated carbocycles. The molecule has 0 aliphatic carbocycles. The third-order valence-electron chi connectivity index (χ3n) is 5.30. The number of rotatable bonds is 8. The maximum Gasteiger partial charge on any atom is 0.288 e. The van der Waals surface area contributed by atoms with Crippen molar-refractivity contribution in [2.24, 2.45) is 0 Å². The first-order chi connectivity index (χ1) is 17.1. The Labute approximate surface area is 206 Å². The molecule has 3 heterocycles. The smallest absolute Gasteiger partial charge is 0.288 e. The quantitative estimate of drug-likeness (QED) is 0.337. The fourth-order valence-electron chi connectivity index (χ4n) is 3.57. The summed E-state index contributed by atoms with van der Waals surface area (Å²) in [6, 6.07) is 8.35. The predicted octanol–water partition coefficient (Wildman–Crippen LogP) is 5.11. The Morgan fingerprint density at radius 2 is 1.86 bits per heavy atom. The summed E-state index contributed by atoms with van der Waals surface area (Å²) in [6.07, 6.45) is 4.39. The lowest BCUT2D eigenvalue weighted by Crippen LogP contribution is -2.11. The van der Waals surface area contributed by atoms with Crippen molar-refractivity contribution in [1.82, 2.24) is 24.7 Å². The number of hydrogen-bond acceptors (Lipinski definition) is 8. The van der Waals surface area contributed by atoms with Crippen molar-refractivity contribution in [2.45, 2.75) is 26.7 Å². The monoisotopic (exact) mass is 494 g/mol. The second kappa shape index (κ2) is 9.68. The summed E-state index contributed by atoms with van der Waals surface area (Å²) in [7, 11) is 2.99. The van der Waals surface area contributed by atoms with E-state index >= 15 is 0 Å². The highest BCUT2D eigenvalue weighted by atomic mass is 19.3. The molecule has 3 aromatic heterocycles. The van der Waals surface area contributed by atoms with Crippen LogP contribution in [0, 0.1) is 6.92 Å². The van der Waals surface area contributed by atoms with Gasteiger partial charge in [0.15, 0.2) is 11.6 Å². The summed E-state index contributed by atoms with van der Waals surface area (Å²) in [5.74, 6) is -2.15. The van der Waals surface area contributed by atoms with Gasteiger partial charge in [-0.3, -0.25) is 4.79 Å². The predicted molar refractivity (Wildman–Crippen MR) is 130 cm³/mol. The molecule has 36 heavy (non-hydrogen) atoms. The summed E-state index contributed by atoms with van der Waals surface area (Å²) in [4.78, 5) is 25.3. The number of pyridine rings is 1. The van der Waals surface area contributed by atoms with Crippen LogP contribution in [-0.4, -0.2) is 44.7 Å². The van der Waals surface area contributed by atoms with Gasteiger partial charge in [0.05, 0.1) is 19.8 Å². The number of anilines is 2. The minimum absolute atomic E-state index is 0.174. The maximum absolute atomic E-state index is 13.9. The molecule has 0 unspecified atom stereocenters. The van der Waals surface area contributed by atoms with Gasteiger partial charge in [0.1, 0.15) is 11.4 Å². The number of hydrogen-bond donors (Lipinski definition) is 1. The van der Waals surface area contributed by atoms with Crippen LogP contribution in [0.25, 0.3) is 16.9 Å². The average Bonchev–Trinajstić information content (AvgIpc) is 3.34. The highest BCUT2D eigenvalue weighted by Gasteiger charge is 2.28. The van der Waals surface area contributed by atoms with Gasteiger partial charge in [-0.25, -0.2) is 14.6 Å². The number of ketones is 1. The molecule has 1 aromatic carbocycles. The molecule has 11 heteroatoms. The second-order valence-electron chi connectivity index (χ2n) is 8.17. The van der Waals surface area contributed by atoms with Crippen LogP contribution in [0.1, 0.15) is 35.5 Å². The van der Waals surface area contributed by atoms with Crippen molar-refractivity contribution < 1.29 is 23.0 Å². The fourth-order valence-corrected chi connectivity index (χ4v) is 3.57. The number of ether oxygens (including phenoxy) is 2. The van der Waals surface area contributed by atoms with Gasteiger partial charge in [0, 0.05) is 48.4 Å². The molecular weight excluding hydrogens is 470 g/mol. The lowest BCUT2D eigenvalue weighted by atomic mass is 10.1. The van der Waals surface area contributed by atoms with Crippen LogP contribution in [0.2, 0.25) is 0 Å². The van der Waals surface area contributed by atoms with Crippen molar-refractivity contribution in [2.75, 3.05) is 19.5 Å². The lowest BCUT2D eigenvalue weighted by Gasteiger charge is -2.14. The number of aromatic nitrogens is 5. The van der Waals surface area contributed by atoms with E-state index in [2.05, 4.69) is 25.4 Å². The second-order valence-corrected chi connectivity index (χ2v) is 8.17. The Hall–Kier alpha value is -4.41. The zero-order valence-corrected chi connectivity index (χ0v) is 20.3. The number of nitrogens with zero attached hydrogens (tertiary/aromatic N) is 5. The third-order valence-corrected chi connectivity index (χ3v) is 5.30.